The summed E-state index contributed by atoms with van der Waals surface area (Å²) in [7, 11) is 0. The number of hydrogen-bond acceptors (Lipinski definition) is 3. The lowest BCUT2D eigenvalue weighted by Crippen LogP contribution is -2.35. The summed E-state index contributed by atoms with van der Waals surface area (Å²) in [4.78, 5) is 3.63. The molecule has 1 N–H and O–H groups in total. The molecule has 2 heterocycles. The first-order chi connectivity index (χ1) is 15.1. The minimum absolute atomic E-state index is 0.0348. The summed E-state index contributed by atoms with van der Waals surface area (Å²) >= 11 is 0. The number of aryl methyl sites for hydroxylation is 1. The molecule has 3 rings (SSSR count). The van der Waals surface area contributed by atoms with Gasteiger partial charge < -0.3 is 14.2 Å². The molecule has 0 aliphatic heterocycles. The summed E-state index contributed by atoms with van der Waals surface area (Å²) in [6.07, 6.45) is -2.68. The molecule has 170 valence electrons. The van der Waals surface area contributed by atoms with E-state index in [-0.39, 0.29) is 18.8 Å². The average Bonchev–Trinajstić information content (AvgIpc) is 3.36. The minimum Gasteiger partial charge on any atom is -0.390 e. The van der Waals surface area contributed by atoms with Gasteiger partial charge in [0.25, 0.3) is 0 Å². The van der Waals surface area contributed by atoms with Gasteiger partial charge in [0.15, 0.2) is 0 Å². The van der Waals surface area contributed by atoms with Crippen molar-refractivity contribution in [1.29, 1.82) is 5.26 Å². The third-order valence-electron chi connectivity index (χ3n) is 5.13. The molecule has 1 aromatic carbocycles. The number of aliphatic hydroxyl groups excluding tert-OH is 1. The zero-order valence-electron chi connectivity index (χ0n) is 17.2. The molecule has 0 radical (unpaired) electrons. The fraction of sp³-hybridized carbons (Fsp3) is 0.364. The van der Waals surface area contributed by atoms with Gasteiger partial charge in [0, 0.05) is 24.8 Å². The number of rotatable bonds is 8. The van der Waals surface area contributed by atoms with Crippen molar-refractivity contribution in [2.24, 2.45) is 0 Å². The zero-order chi connectivity index (χ0) is 23.5. The van der Waals surface area contributed by atoms with Crippen LogP contribution in [0.1, 0.15) is 48.2 Å². The number of nitriles is 1. The molecule has 0 aliphatic rings. The molecule has 0 fully saturated rings. The van der Waals surface area contributed by atoms with Crippen molar-refractivity contribution in [2.45, 2.75) is 51.4 Å². The Labute approximate surface area is 181 Å². The average molecular weight is 452 g/mol. The number of alkyl halides is 5. The van der Waals surface area contributed by atoms with Gasteiger partial charge in [0.05, 0.1) is 12.3 Å². The minimum atomic E-state index is -5.82. The highest BCUT2D eigenvalue weighted by Crippen LogP contribution is 2.45. The second-order valence-electron chi connectivity index (χ2n) is 7.28. The lowest BCUT2D eigenvalue weighted by Gasteiger charge is -2.19. The van der Waals surface area contributed by atoms with Crippen molar-refractivity contribution in [3.63, 3.8) is 0 Å². The maximum Gasteiger partial charge on any atom is 0.459 e. The van der Waals surface area contributed by atoms with E-state index >= 15 is 0 Å². The Balaban J connectivity index is 2.00. The second-order valence-corrected chi connectivity index (χ2v) is 7.28. The molecular formula is C22H21F5N4O. The van der Waals surface area contributed by atoms with E-state index in [9.17, 15) is 27.1 Å². The van der Waals surface area contributed by atoms with Crippen molar-refractivity contribution < 1.29 is 27.1 Å². The molecule has 32 heavy (non-hydrogen) atoms. The molecular weight excluding hydrogens is 431 g/mol. The van der Waals surface area contributed by atoms with E-state index in [2.05, 4.69) is 11.1 Å². The second kappa shape index (κ2) is 9.12. The Morgan fingerprint density at radius 2 is 1.78 bits per heavy atom. The third-order valence-corrected chi connectivity index (χ3v) is 5.13. The Morgan fingerprint density at radius 3 is 2.34 bits per heavy atom. The monoisotopic (exact) mass is 452 g/mol. The summed E-state index contributed by atoms with van der Waals surface area (Å²) in [5.74, 6) is -5.11. The van der Waals surface area contributed by atoms with E-state index < -0.39 is 30.1 Å². The van der Waals surface area contributed by atoms with Crippen molar-refractivity contribution in [2.75, 3.05) is 0 Å². The number of hydrogen-bond donors (Lipinski definition) is 1. The van der Waals surface area contributed by atoms with Crippen LogP contribution in [0.4, 0.5) is 22.0 Å². The molecule has 0 bridgehead atoms. The van der Waals surface area contributed by atoms with Crippen molar-refractivity contribution in [3.8, 4) is 11.8 Å². The van der Waals surface area contributed by atoms with E-state index in [4.69, 9.17) is 5.26 Å². The standard InChI is InChI=1S/C22H21F5N4O/c1-2-3-6-19-29-20(21(23,24)22(25,26)27)18(14-32)31(19)13-15-7-9-16(10-8-15)30-11-4-5-17(30)12-28/h4-5,7-11,32H,2-3,6,13-14H2,1H3. The first-order valence-corrected chi connectivity index (χ1v) is 9.95. The Morgan fingerprint density at radius 1 is 1.09 bits per heavy atom. The predicted molar refractivity (Wildman–Crippen MR) is 106 cm³/mol. The summed E-state index contributed by atoms with van der Waals surface area (Å²) < 4.78 is 70.1. The third kappa shape index (κ3) is 4.39. The first kappa shape index (κ1) is 23.5. The molecule has 5 nitrogen and oxygen atoms in total. The van der Waals surface area contributed by atoms with E-state index in [1.54, 1.807) is 47.2 Å². The molecule has 2 aromatic heterocycles. The Bertz CT molecular complexity index is 1110. The van der Waals surface area contributed by atoms with Crippen LogP contribution < -0.4 is 0 Å². The van der Waals surface area contributed by atoms with E-state index in [1.807, 2.05) is 6.92 Å². The van der Waals surface area contributed by atoms with Gasteiger partial charge in [-0.1, -0.05) is 25.5 Å². The van der Waals surface area contributed by atoms with Gasteiger partial charge in [0.2, 0.25) is 0 Å². The van der Waals surface area contributed by atoms with Crippen LogP contribution in [0.15, 0.2) is 42.6 Å². The van der Waals surface area contributed by atoms with Crippen LogP contribution in [-0.2, 0) is 25.5 Å². The number of imidazole rings is 1. The molecule has 0 spiro atoms. The van der Waals surface area contributed by atoms with Crippen LogP contribution in [-0.4, -0.2) is 25.4 Å². The summed E-state index contributed by atoms with van der Waals surface area (Å²) in [5, 5.41) is 18.8. The van der Waals surface area contributed by atoms with Crippen LogP contribution in [0.3, 0.4) is 0 Å². The number of halogens is 5. The highest BCUT2D eigenvalue weighted by molar-refractivity contribution is 5.40. The number of nitrogens with zero attached hydrogens (tertiary/aromatic N) is 4. The molecule has 0 amide bonds. The number of benzene rings is 1. The quantitative estimate of drug-likeness (QED) is 0.485. The first-order valence-electron chi connectivity index (χ1n) is 9.95. The van der Waals surface area contributed by atoms with Crippen LogP contribution in [0.5, 0.6) is 0 Å². The molecule has 3 aromatic rings. The van der Waals surface area contributed by atoms with Gasteiger partial charge in [-0.3, -0.25) is 0 Å². The van der Waals surface area contributed by atoms with Crippen molar-refractivity contribution in [3.05, 3.63) is 71.1 Å². The summed E-state index contributed by atoms with van der Waals surface area (Å²) in [5.41, 5.74) is -0.276. The zero-order valence-corrected chi connectivity index (χ0v) is 17.2. The van der Waals surface area contributed by atoms with Gasteiger partial charge in [-0.15, -0.1) is 0 Å². The van der Waals surface area contributed by atoms with E-state index in [0.717, 1.165) is 0 Å². The van der Waals surface area contributed by atoms with Gasteiger partial charge in [-0.25, -0.2) is 4.98 Å². The topological polar surface area (TPSA) is 66.8 Å². The van der Waals surface area contributed by atoms with Crippen LogP contribution in [0.2, 0.25) is 0 Å². The molecule has 0 saturated carbocycles. The lowest BCUT2D eigenvalue weighted by atomic mass is 10.1. The maximum absolute atomic E-state index is 14.1. The van der Waals surface area contributed by atoms with E-state index in [0.29, 0.717) is 29.8 Å². The molecule has 0 aliphatic carbocycles. The van der Waals surface area contributed by atoms with Crippen LogP contribution >= 0.6 is 0 Å². The van der Waals surface area contributed by atoms with E-state index in [1.165, 1.54) is 4.57 Å². The van der Waals surface area contributed by atoms with Gasteiger partial charge in [-0.05, 0) is 36.2 Å². The van der Waals surface area contributed by atoms with Crippen molar-refractivity contribution >= 4 is 0 Å². The Hall–Kier alpha value is -3.19. The van der Waals surface area contributed by atoms with Crippen LogP contribution in [0.25, 0.3) is 5.69 Å². The van der Waals surface area contributed by atoms with Gasteiger partial charge in [0.1, 0.15) is 23.3 Å². The fourth-order valence-electron chi connectivity index (χ4n) is 3.44. The number of unbranched alkanes of at least 4 members (excludes halogenated alkanes) is 1. The highest BCUT2D eigenvalue weighted by atomic mass is 19.4. The van der Waals surface area contributed by atoms with Crippen molar-refractivity contribution in [1.82, 2.24) is 14.1 Å². The Kier molecular flexibility index (Phi) is 6.69. The molecule has 0 unspecified atom stereocenters. The van der Waals surface area contributed by atoms with Gasteiger partial charge in [-0.2, -0.15) is 27.2 Å². The normalized spacial score (nSPS) is 12.2. The van der Waals surface area contributed by atoms with Gasteiger partial charge >= 0.3 is 12.1 Å². The summed E-state index contributed by atoms with van der Waals surface area (Å²) in [6, 6.07) is 12.2. The molecule has 0 atom stereocenters. The van der Waals surface area contributed by atoms with Crippen LogP contribution in [0, 0.1) is 11.3 Å². The largest absolute Gasteiger partial charge is 0.459 e. The number of aliphatic hydroxyl groups is 1. The SMILES string of the molecule is CCCCc1nc(C(F)(F)C(F)(F)F)c(CO)n1Cc1ccc(-n2cccc2C#N)cc1. The smallest absolute Gasteiger partial charge is 0.390 e. The highest BCUT2D eigenvalue weighted by Gasteiger charge is 2.61. The lowest BCUT2D eigenvalue weighted by molar-refractivity contribution is -0.291. The summed E-state index contributed by atoms with van der Waals surface area (Å²) in [6.45, 7) is 0.820. The fourth-order valence-corrected chi connectivity index (χ4v) is 3.44. The maximum atomic E-state index is 14.1. The number of aromatic nitrogens is 3. The molecule has 0 saturated heterocycles. The predicted octanol–water partition coefficient (Wildman–Crippen LogP) is 5.08. The molecule has 10 heteroatoms.